The van der Waals surface area contributed by atoms with Crippen LogP contribution in [0.5, 0.6) is 0 Å². The van der Waals surface area contributed by atoms with Crippen LogP contribution in [0.1, 0.15) is 24.7 Å². The van der Waals surface area contributed by atoms with Crippen molar-refractivity contribution >= 4 is 33.6 Å². The van der Waals surface area contributed by atoms with Gasteiger partial charge in [0.2, 0.25) is 5.95 Å². The summed E-state index contributed by atoms with van der Waals surface area (Å²) in [7, 11) is 0. The van der Waals surface area contributed by atoms with Crippen LogP contribution in [0.4, 0.5) is 16.2 Å². The summed E-state index contributed by atoms with van der Waals surface area (Å²) in [5.74, 6) is 0.807. The Kier molecular flexibility index (Phi) is 5.66. The molecule has 40 heavy (non-hydrogen) atoms. The van der Waals surface area contributed by atoms with E-state index in [2.05, 4.69) is 25.3 Å². The molecular formula is C30H23FN8O. The molecule has 3 aromatic heterocycles. The molecule has 1 saturated carbocycles. The van der Waals surface area contributed by atoms with Crippen LogP contribution in [-0.4, -0.2) is 29.5 Å². The maximum atomic E-state index is 15.0. The van der Waals surface area contributed by atoms with E-state index < -0.39 is 11.9 Å². The Morgan fingerprint density at radius 1 is 0.875 bits per heavy atom. The number of hydrogen-bond donors (Lipinski definition) is 2. The Labute approximate surface area is 227 Å². The van der Waals surface area contributed by atoms with Crippen LogP contribution in [0.25, 0.3) is 38.6 Å². The van der Waals surface area contributed by atoms with Crippen molar-refractivity contribution in [2.45, 2.75) is 18.9 Å². The maximum absolute atomic E-state index is 15.0. The molecule has 3 heterocycles. The summed E-state index contributed by atoms with van der Waals surface area (Å²) < 4.78 is 16.6. The first-order chi connectivity index (χ1) is 19.6. The fraction of sp³-hybridized carbons (Fsp3) is 0.133. The molecule has 0 bridgehead atoms. The van der Waals surface area contributed by atoms with E-state index in [1.165, 1.54) is 12.4 Å². The molecule has 1 unspecified atom stereocenters. The molecule has 1 aliphatic carbocycles. The van der Waals surface area contributed by atoms with E-state index in [1.807, 2.05) is 48.5 Å². The van der Waals surface area contributed by atoms with Crippen molar-refractivity contribution in [3.63, 3.8) is 0 Å². The quantitative estimate of drug-likeness (QED) is 0.306. The SMILES string of the molecule is Nc1ncc(-c2cccc3nc(C(Nc4ncnc5cccc(F)c45)C4CC4)n(-c4ccccc4)c(=O)c23)cn1. The summed E-state index contributed by atoms with van der Waals surface area (Å²) in [4.78, 5) is 36.3. The third-order valence-corrected chi connectivity index (χ3v) is 7.20. The highest BCUT2D eigenvalue weighted by Crippen LogP contribution is 2.43. The van der Waals surface area contributed by atoms with Gasteiger partial charge < -0.3 is 11.1 Å². The lowest BCUT2D eigenvalue weighted by molar-refractivity contribution is 0.607. The average molecular weight is 531 g/mol. The number of anilines is 2. The van der Waals surface area contributed by atoms with Gasteiger partial charge in [-0.15, -0.1) is 0 Å². The molecule has 1 aliphatic rings. The normalized spacial score (nSPS) is 13.9. The van der Waals surface area contributed by atoms with Crippen molar-refractivity contribution in [1.29, 1.82) is 0 Å². The van der Waals surface area contributed by atoms with E-state index in [1.54, 1.807) is 29.1 Å². The number of nitrogens with two attached hydrogens (primary N) is 1. The van der Waals surface area contributed by atoms with Gasteiger partial charge in [0, 0.05) is 18.0 Å². The summed E-state index contributed by atoms with van der Waals surface area (Å²) in [6.45, 7) is 0. The van der Waals surface area contributed by atoms with E-state index in [9.17, 15) is 9.18 Å². The van der Waals surface area contributed by atoms with E-state index >= 15 is 0 Å². The largest absolute Gasteiger partial charge is 0.368 e. The van der Waals surface area contributed by atoms with Crippen molar-refractivity contribution in [3.05, 3.63) is 107 Å². The molecule has 7 rings (SSSR count). The summed E-state index contributed by atoms with van der Waals surface area (Å²) in [5, 5.41) is 4.19. The Bertz CT molecular complexity index is 1930. The second-order valence-corrected chi connectivity index (χ2v) is 9.79. The molecule has 3 aromatic carbocycles. The third-order valence-electron chi connectivity index (χ3n) is 7.20. The van der Waals surface area contributed by atoms with Gasteiger partial charge in [-0.05, 0) is 54.7 Å². The monoisotopic (exact) mass is 530 g/mol. The van der Waals surface area contributed by atoms with Crippen LogP contribution < -0.4 is 16.6 Å². The number of halogens is 1. The predicted molar refractivity (Wildman–Crippen MR) is 151 cm³/mol. The molecule has 1 atom stereocenters. The van der Waals surface area contributed by atoms with Crippen molar-refractivity contribution in [2.75, 3.05) is 11.1 Å². The van der Waals surface area contributed by atoms with Gasteiger partial charge in [0.25, 0.3) is 5.56 Å². The molecule has 196 valence electrons. The summed E-state index contributed by atoms with van der Waals surface area (Å²) in [6.07, 6.45) is 6.48. The van der Waals surface area contributed by atoms with Gasteiger partial charge in [-0.1, -0.05) is 36.4 Å². The van der Waals surface area contributed by atoms with E-state index in [0.29, 0.717) is 50.3 Å². The number of aromatic nitrogens is 6. The van der Waals surface area contributed by atoms with Crippen LogP contribution >= 0.6 is 0 Å². The van der Waals surface area contributed by atoms with E-state index in [4.69, 9.17) is 10.7 Å². The Hall–Kier alpha value is -5.25. The number of nitrogens with one attached hydrogen (secondary N) is 1. The highest BCUT2D eigenvalue weighted by atomic mass is 19.1. The number of rotatable bonds is 6. The van der Waals surface area contributed by atoms with Gasteiger partial charge in [-0.2, -0.15) is 0 Å². The molecule has 0 aliphatic heterocycles. The van der Waals surface area contributed by atoms with Crippen LogP contribution in [0.2, 0.25) is 0 Å². The first-order valence-corrected chi connectivity index (χ1v) is 12.9. The second-order valence-electron chi connectivity index (χ2n) is 9.79. The van der Waals surface area contributed by atoms with Gasteiger partial charge in [-0.25, -0.2) is 29.3 Å². The topological polar surface area (TPSA) is 124 Å². The van der Waals surface area contributed by atoms with Gasteiger partial charge >= 0.3 is 0 Å². The molecular weight excluding hydrogens is 507 g/mol. The van der Waals surface area contributed by atoms with Crippen LogP contribution in [0.15, 0.2) is 90.2 Å². The molecule has 0 spiro atoms. The number of hydrogen-bond acceptors (Lipinski definition) is 8. The summed E-state index contributed by atoms with van der Waals surface area (Å²) in [6, 6.07) is 19.3. The highest BCUT2D eigenvalue weighted by molar-refractivity contribution is 5.94. The molecule has 6 aromatic rings. The predicted octanol–water partition coefficient (Wildman–Crippen LogP) is 5.07. The van der Waals surface area contributed by atoms with Gasteiger partial charge in [0.15, 0.2) is 0 Å². The molecule has 3 N–H and O–H groups in total. The lowest BCUT2D eigenvalue weighted by Crippen LogP contribution is -2.29. The standard InChI is InChI=1S/C30H23FN8O/c31-21-9-5-10-22-25(21)27(36-16-35-22)38-26(17-12-13-17)28-37-23-11-4-8-20(18-14-33-30(32)34-15-18)24(23)29(40)39(28)19-6-2-1-3-7-19/h1-11,14-17,26H,12-13H2,(H2,32,33,34)(H,35,36,38). The van der Waals surface area contributed by atoms with Gasteiger partial charge in [0.1, 0.15) is 23.8 Å². The minimum absolute atomic E-state index is 0.151. The lowest BCUT2D eigenvalue weighted by Gasteiger charge is -2.24. The van der Waals surface area contributed by atoms with Crippen molar-refractivity contribution < 1.29 is 4.39 Å². The van der Waals surface area contributed by atoms with Gasteiger partial charge in [0.05, 0.1) is 33.5 Å². The van der Waals surface area contributed by atoms with E-state index in [0.717, 1.165) is 12.8 Å². The fourth-order valence-electron chi connectivity index (χ4n) is 5.15. The molecule has 10 heteroatoms. The first-order valence-electron chi connectivity index (χ1n) is 12.9. The Morgan fingerprint density at radius 2 is 1.62 bits per heavy atom. The summed E-state index contributed by atoms with van der Waals surface area (Å²) >= 11 is 0. The number of fused-ring (bicyclic) bond motifs is 2. The number of nitrogen functional groups attached to an aromatic ring is 1. The zero-order chi connectivity index (χ0) is 27.2. The maximum Gasteiger partial charge on any atom is 0.266 e. The number of para-hydroxylation sites is 1. The molecule has 0 amide bonds. The first kappa shape index (κ1) is 23.8. The van der Waals surface area contributed by atoms with Crippen molar-refractivity contribution in [3.8, 4) is 16.8 Å². The van der Waals surface area contributed by atoms with Crippen molar-refractivity contribution in [1.82, 2.24) is 29.5 Å². The Morgan fingerprint density at radius 3 is 2.40 bits per heavy atom. The molecule has 9 nitrogen and oxygen atoms in total. The minimum atomic E-state index is -0.419. The lowest BCUT2D eigenvalue weighted by atomic mass is 10.0. The number of benzene rings is 3. The second kappa shape index (κ2) is 9.49. The number of nitrogens with zero attached hydrogens (tertiary/aromatic N) is 6. The average Bonchev–Trinajstić information content (AvgIpc) is 3.82. The molecule has 0 radical (unpaired) electrons. The Balaban J connectivity index is 1.47. The molecule has 0 saturated heterocycles. The van der Waals surface area contributed by atoms with Crippen LogP contribution in [-0.2, 0) is 0 Å². The van der Waals surface area contributed by atoms with Crippen molar-refractivity contribution in [2.24, 2.45) is 5.92 Å². The van der Waals surface area contributed by atoms with Gasteiger partial charge in [-0.3, -0.25) is 9.36 Å². The third kappa shape index (κ3) is 4.10. The summed E-state index contributed by atoms with van der Waals surface area (Å²) in [5.41, 5.74) is 8.49. The smallest absolute Gasteiger partial charge is 0.266 e. The molecule has 1 fully saturated rings. The zero-order valence-corrected chi connectivity index (χ0v) is 21.2. The van der Waals surface area contributed by atoms with Crippen LogP contribution in [0, 0.1) is 11.7 Å². The highest BCUT2D eigenvalue weighted by Gasteiger charge is 2.37. The van der Waals surface area contributed by atoms with E-state index in [-0.39, 0.29) is 17.4 Å². The van der Waals surface area contributed by atoms with Crippen LogP contribution in [0.3, 0.4) is 0 Å². The zero-order valence-electron chi connectivity index (χ0n) is 21.2. The fourth-order valence-corrected chi connectivity index (χ4v) is 5.15. The minimum Gasteiger partial charge on any atom is -0.368 e.